The average molecular weight is 409 g/mol. The minimum atomic E-state index is -0.260. The zero-order valence-electron chi connectivity index (χ0n) is 17.1. The molecule has 1 aliphatic rings. The number of nitrogens with zero attached hydrogens (tertiary/aromatic N) is 2. The molecular weight excluding hydrogens is 386 g/mol. The van der Waals surface area contributed by atoms with Crippen molar-refractivity contribution in [1.82, 2.24) is 15.1 Å². The van der Waals surface area contributed by atoms with Crippen LogP contribution >= 0.6 is 0 Å². The first-order valence-corrected chi connectivity index (χ1v) is 10.7. The molecule has 0 spiro atoms. The number of aromatic nitrogens is 2. The Morgan fingerprint density at radius 1 is 0.935 bits per heavy atom. The standard InChI is InChI=1S/C26H23N3O2/c30-25(27-17-19-11-8-10-18-9-4-5-14-21(18)19)24-22-15-6-7-16-23(22)26(31)29(28-24)20-12-2-1-3-13-20/h1-7,9,12-16,19H,8,10-11,17H2,(H,27,30). The molecule has 5 rings (SSSR count). The van der Waals surface area contributed by atoms with Crippen molar-refractivity contribution in [3.05, 3.63) is 106 Å². The number of hydrogen-bond donors (Lipinski definition) is 1. The third-order valence-electron chi connectivity index (χ3n) is 6.02. The van der Waals surface area contributed by atoms with Gasteiger partial charge >= 0.3 is 0 Å². The van der Waals surface area contributed by atoms with Crippen molar-refractivity contribution < 1.29 is 4.79 Å². The summed E-state index contributed by atoms with van der Waals surface area (Å²) in [4.78, 5) is 26.2. The molecule has 0 bridgehead atoms. The first-order chi connectivity index (χ1) is 15.2. The molecule has 5 heteroatoms. The molecule has 0 radical (unpaired) electrons. The van der Waals surface area contributed by atoms with Crippen LogP contribution in [0.5, 0.6) is 0 Å². The highest BCUT2D eigenvalue weighted by Gasteiger charge is 2.22. The van der Waals surface area contributed by atoms with E-state index in [9.17, 15) is 9.59 Å². The summed E-state index contributed by atoms with van der Waals surface area (Å²) < 4.78 is 1.31. The molecule has 31 heavy (non-hydrogen) atoms. The molecule has 0 saturated carbocycles. The van der Waals surface area contributed by atoms with E-state index < -0.39 is 0 Å². The summed E-state index contributed by atoms with van der Waals surface area (Å²) in [7, 11) is 0. The molecule has 1 heterocycles. The highest BCUT2D eigenvalue weighted by molar-refractivity contribution is 6.04. The summed E-state index contributed by atoms with van der Waals surface area (Å²) in [6, 6.07) is 24.8. The lowest BCUT2D eigenvalue weighted by molar-refractivity contribution is 0.0945. The van der Waals surface area contributed by atoms with Gasteiger partial charge in [0.05, 0.1) is 11.1 Å². The third kappa shape index (κ3) is 3.63. The summed E-state index contributed by atoms with van der Waals surface area (Å²) >= 11 is 0. The van der Waals surface area contributed by atoms with Crippen LogP contribution in [0, 0.1) is 0 Å². The van der Waals surface area contributed by atoms with Gasteiger partial charge in [0.1, 0.15) is 0 Å². The maximum absolute atomic E-state index is 13.2. The number of aryl methyl sites for hydroxylation is 1. The van der Waals surface area contributed by atoms with Gasteiger partial charge in [0.25, 0.3) is 11.5 Å². The van der Waals surface area contributed by atoms with Crippen LogP contribution in [-0.4, -0.2) is 22.2 Å². The molecule has 154 valence electrons. The molecule has 3 aromatic carbocycles. The Morgan fingerprint density at radius 3 is 2.48 bits per heavy atom. The fraction of sp³-hybridized carbons (Fsp3) is 0.192. The van der Waals surface area contributed by atoms with E-state index in [1.54, 1.807) is 18.2 Å². The molecule has 0 fully saturated rings. The van der Waals surface area contributed by atoms with E-state index in [4.69, 9.17) is 0 Å². The third-order valence-corrected chi connectivity index (χ3v) is 6.02. The number of rotatable bonds is 4. The van der Waals surface area contributed by atoms with Crippen molar-refractivity contribution in [2.24, 2.45) is 0 Å². The Bertz CT molecular complexity index is 1310. The molecule has 1 amide bonds. The van der Waals surface area contributed by atoms with Crippen LogP contribution in [0.4, 0.5) is 0 Å². The number of carbonyl (C=O) groups excluding carboxylic acids is 1. The zero-order chi connectivity index (χ0) is 21.2. The maximum Gasteiger partial charge on any atom is 0.279 e. The maximum atomic E-state index is 13.2. The van der Waals surface area contributed by atoms with Crippen molar-refractivity contribution in [2.75, 3.05) is 6.54 Å². The Balaban J connectivity index is 1.49. The lowest BCUT2D eigenvalue weighted by atomic mass is 9.83. The van der Waals surface area contributed by atoms with E-state index in [1.807, 2.05) is 36.4 Å². The molecule has 0 aliphatic heterocycles. The molecule has 5 nitrogen and oxygen atoms in total. The summed E-state index contributed by atoms with van der Waals surface area (Å²) in [5, 5.41) is 8.61. The first kappa shape index (κ1) is 19.2. The smallest absolute Gasteiger partial charge is 0.279 e. The average Bonchev–Trinajstić information content (AvgIpc) is 2.83. The number of fused-ring (bicyclic) bond motifs is 2. The van der Waals surface area contributed by atoms with Gasteiger partial charge in [-0.05, 0) is 48.6 Å². The lowest BCUT2D eigenvalue weighted by Crippen LogP contribution is -2.33. The van der Waals surface area contributed by atoms with Crippen LogP contribution in [0.2, 0.25) is 0 Å². The van der Waals surface area contributed by atoms with Gasteiger partial charge in [-0.15, -0.1) is 0 Å². The van der Waals surface area contributed by atoms with Crippen molar-refractivity contribution >= 4 is 16.7 Å². The first-order valence-electron chi connectivity index (χ1n) is 10.7. The highest BCUT2D eigenvalue weighted by atomic mass is 16.2. The van der Waals surface area contributed by atoms with E-state index in [0.717, 1.165) is 19.3 Å². The zero-order valence-corrected chi connectivity index (χ0v) is 17.1. The molecule has 4 aromatic rings. The van der Waals surface area contributed by atoms with Crippen LogP contribution in [0.25, 0.3) is 16.5 Å². The second-order valence-electron chi connectivity index (χ2n) is 7.94. The number of para-hydroxylation sites is 1. The van der Waals surface area contributed by atoms with Crippen molar-refractivity contribution in [3.8, 4) is 5.69 Å². The minimum Gasteiger partial charge on any atom is -0.350 e. The van der Waals surface area contributed by atoms with Crippen molar-refractivity contribution in [3.63, 3.8) is 0 Å². The second kappa shape index (κ2) is 8.19. The number of benzene rings is 3. The van der Waals surface area contributed by atoms with Crippen LogP contribution < -0.4 is 10.9 Å². The van der Waals surface area contributed by atoms with Gasteiger partial charge in [0.15, 0.2) is 5.69 Å². The SMILES string of the molecule is O=C(NCC1CCCc2ccccc21)c1nn(-c2ccccc2)c(=O)c2ccccc12. The van der Waals surface area contributed by atoms with E-state index in [-0.39, 0.29) is 17.2 Å². The van der Waals surface area contributed by atoms with Crippen molar-refractivity contribution in [1.29, 1.82) is 0 Å². The van der Waals surface area contributed by atoms with Gasteiger partial charge < -0.3 is 5.32 Å². The monoisotopic (exact) mass is 409 g/mol. The Labute approximate surface area is 180 Å². The van der Waals surface area contributed by atoms with E-state index >= 15 is 0 Å². The summed E-state index contributed by atoms with van der Waals surface area (Å²) in [5.74, 6) is 0.0316. The molecule has 1 unspecified atom stereocenters. The number of amides is 1. The Morgan fingerprint density at radius 2 is 1.65 bits per heavy atom. The van der Waals surface area contributed by atoms with E-state index in [2.05, 4.69) is 34.7 Å². The topological polar surface area (TPSA) is 64.0 Å². The van der Waals surface area contributed by atoms with Crippen molar-refractivity contribution in [2.45, 2.75) is 25.2 Å². The largest absolute Gasteiger partial charge is 0.350 e. The predicted octanol–water partition coefficient (Wildman–Crippen LogP) is 4.24. The van der Waals surface area contributed by atoms with Gasteiger partial charge in [-0.1, -0.05) is 60.7 Å². The van der Waals surface area contributed by atoms with Gasteiger partial charge in [-0.25, -0.2) is 0 Å². The van der Waals surface area contributed by atoms with Crippen LogP contribution in [-0.2, 0) is 6.42 Å². The number of nitrogens with one attached hydrogen (secondary N) is 1. The minimum absolute atomic E-state index is 0.237. The lowest BCUT2D eigenvalue weighted by Gasteiger charge is -2.25. The molecule has 1 aliphatic carbocycles. The van der Waals surface area contributed by atoms with Gasteiger partial charge in [-0.2, -0.15) is 9.78 Å². The molecule has 0 saturated heterocycles. The summed E-state index contributed by atoms with van der Waals surface area (Å²) in [6.07, 6.45) is 3.27. The summed E-state index contributed by atoms with van der Waals surface area (Å²) in [6.45, 7) is 0.552. The molecule has 1 atom stereocenters. The Hall–Kier alpha value is -3.73. The second-order valence-corrected chi connectivity index (χ2v) is 7.94. The number of carbonyl (C=O) groups is 1. The van der Waals surface area contributed by atoms with E-state index in [1.165, 1.54) is 15.8 Å². The van der Waals surface area contributed by atoms with Crippen LogP contribution in [0.3, 0.4) is 0 Å². The van der Waals surface area contributed by atoms with Gasteiger partial charge in [0.2, 0.25) is 0 Å². The fourth-order valence-electron chi connectivity index (χ4n) is 4.47. The quantitative estimate of drug-likeness (QED) is 0.548. The van der Waals surface area contributed by atoms with Crippen LogP contribution in [0.1, 0.15) is 40.4 Å². The molecule has 1 aromatic heterocycles. The molecular formula is C26H23N3O2. The van der Waals surface area contributed by atoms with Crippen LogP contribution in [0.15, 0.2) is 83.7 Å². The highest BCUT2D eigenvalue weighted by Crippen LogP contribution is 2.31. The van der Waals surface area contributed by atoms with Gasteiger partial charge in [0, 0.05) is 17.8 Å². The summed E-state index contributed by atoms with van der Waals surface area (Å²) in [5.41, 5.74) is 3.35. The number of hydrogen-bond acceptors (Lipinski definition) is 3. The fourth-order valence-corrected chi connectivity index (χ4v) is 4.47. The van der Waals surface area contributed by atoms with E-state index in [0.29, 0.717) is 28.9 Å². The Kier molecular flexibility index (Phi) is 5.08. The van der Waals surface area contributed by atoms with Gasteiger partial charge in [-0.3, -0.25) is 9.59 Å². The normalized spacial score (nSPS) is 15.4. The molecule has 1 N–H and O–H groups in total. The predicted molar refractivity (Wildman–Crippen MR) is 122 cm³/mol.